The van der Waals surface area contributed by atoms with Crippen molar-refractivity contribution in [1.82, 2.24) is 9.80 Å². The largest absolute Gasteiger partial charge is 0.323 e. The van der Waals surface area contributed by atoms with E-state index >= 15 is 0 Å². The number of amides is 2. The molecule has 2 atom stereocenters. The number of carbonyl (C=O) groups is 2. The Labute approximate surface area is 143 Å². The molecule has 1 aromatic carbocycles. The predicted octanol–water partition coefficient (Wildman–Crippen LogP) is 3.09. The molecule has 1 aliphatic heterocycles. The third-order valence-corrected chi connectivity index (χ3v) is 4.87. The van der Waals surface area contributed by atoms with Gasteiger partial charge in [0.1, 0.15) is 12.2 Å². The fraction of sp³-hybridized carbons (Fsp3) is 0.556. The third-order valence-electron chi connectivity index (χ3n) is 4.22. The summed E-state index contributed by atoms with van der Waals surface area (Å²) in [5.74, 6) is 0.845. The summed E-state index contributed by atoms with van der Waals surface area (Å²) in [6, 6.07) is 8.87. The molecule has 0 bridgehead atoms. The first-order valence-electron chi connectivity index (χ1n) is 7.92. The molecule has 0 aliphatic carbocycles. The van der Waals surface area contributed by atoms with Crippen LogP contribution in [-0.4, -0.2) is 52.9 Å². The second-order valence-corrected chi connectivity index (χ2v) is 8.05. The molecular weight excluding hydrogens is 308 g/mol. The number of thioether (sulfide) groups is 1. The third kappa shape index (κ3) is 3.55. The molecule has 1 aromatic rings. The number of hydrogen-bond acceptors (Lipinski definition) is 3. The van der Waals surface area contributed by atoms with E-state index in [1.54, 1.807) is 21.6 Å². The number of carbonyl (C=O) groups excluding carboxylic acids is 2. The van der Waals surface area contributed by atoms with Crippen molar-refractivity contribution in [1.29, 1.82) is 0 Å². The minimum Gasteiger partial charge on any atom is -0.323 e. The van der Waals surface area contributed by atoms with Gasteiger partial charge in [-0.25, -0.2) is 0 Å². The van der Waals surface area contributed by atoms with Crippen molar-refractivity contribution in [3.63, 3.8) is 0 Å². The number of rotatable bonds is 4. The summed E-state index contributed by atoms with van der Waals surface area (Å²) < 4.78 is 0. The summed E-state index contributed by atoms with van der Waals surface area (Å²) >= 11 is 1.70. The molecule has 0 saturated carbocycles. The van der Waals surface area contributed by atoms with E-state index in [2.05, 4.69) is 20.8 Å². The van der Waals surface area contributed by atoms with E-state index in [4.69, 9.17) is 0 Å². The lowest BCUT2D eigenvalue weighted by atomic mass is 9.90. The fourth-order valence-electron chi connectivity index (χ4n) is 3.30. The average Bonchev–Trinajstić information content (AvgIpc) is 2.77. The van der Waals surface area contributed by atoms with Crippen LogP contribution in [0.1, 0.15) is 37.6 Å². The van der Waals surface area contributed by atoms with Crippen LogP contribution in [0.3, 0.4) is 0 Å². The first-order valence-corrected chi connectivity index (χ1v) is 9.31. The van der Waals surface area contributed by atoms with Crippen LogP contribution in [0.2, 0.25) is 0 Å². The Balaban J connectivity index is 2.42. The zero-order valence-electron chi connectivity index (χ0n) is 14.6. The molecule has 5 heteroatoms. The molecule has 1 heterocycles. The lowest BCUT2D eigenvalue weighted by Crippen LogP contribution is -2.50. The highest BCUT2D eigenvalue weighted by Crippen LogP contribution is 2.36. The van der Waals surface area contributed by atoms with Gasteiger partial charge >= 0.3 is 0 Å². The van der Waals surface area contributed by atoms with E-state index in [0.29, 0.717) is 12.0 Å². The van der Waals surface area contributed by atoms with Gasteiger partial charge < -0.3 is 9.80 Å². The van der Waals surface area contributed by atoms with Gasteiger partial charge in [0.15, 0.2) is 0 Å². The first kappa shape index (κ1) is 17.9. The standard InChI is InChI=1S/C18H26N2O2S/c1-18(2,3)17-19(4)16(22)14(11-12-23-5)20(17)15(21)13-9-7-6-8-10-13/h6-10,14,17H,11-12H2,1-5H3/t14-,17+/m1/s1. The summed E-state index contributed by atoms with van der Waals surface area (Å²) in [7, 11) is 1.81. The van der Waals surface area contributed by atoms with Gasteiger partial charge in [-0.05, 0) is 30.6 Å². The summed E-state index contributed by atoms with van der Waals surface area (Å²) in [5, 5.41) is 0. The predicted molar refractivity (Wildman–Crippen MR) is 95.4 cm³/mol. The molecule has 0 spiro atoms. The zero-order valence-corrected chi connectivity index (χ0v) is 15.4. The number of benzene rings is 1. The summed E-state index contributed by atoms with van der Waals surface area (Å²) in [6.45, 7) is 6.22. The van der Waals surface area contributed by atoms with Crippen LogP contribution >= 0.6 is 11.8 Å². The Morgan fingerprint density at radius 2 is 1.83 bits per heavy atom. The molecule has 1 fully saturated rings. The van der Waals surface area contributed by atoms with Gasteiger partial charge in [-0.1, -0.05) is 39.0 Å². The Morgan fingerprint density at radius 1 is 1.22 bits per heavy atom. The average molecular weight is 334 g/mol. The Morgan fingerprint density at radius 3 is 2.35 bits per heavy atom. The molecule has 0 unspecified atom stereocenters. The van der Waals surface area contributed by atoms with Crippen molar-refractivity contribution in [2.45, 2.75) is 39.4 Å². The number of likely N-dealkylation sites (N-methyl/N-ethyl adjacent to an activating group) is 1. The van der Waals surface area contributed by atoms with Crippen LogP contribution in [0.5, 0.6) is 0 Å². The second kappa shape index (κ2) is 6.95. The van der Waals surface area contributed by atoms with Crippen molar-refractivity contribution in [3.05, 3.63) is 35.9 Å². The number of nitrogens with zero attached hydrogens (tertiary/aromatic N) is 2. The molecular formula is C18H26N2O2S. The van der Waals surface area contributed by atoms with Crippen molar-refractivity contribution in [2.24, 2.45) is 5.41 Å². The van der Waals surface area contributed by atoms with Crippen molar-refractivity contribution in [3.8, 4) is 0 Å². The maximum Gasteiger partial charge on any atom is 0.256 e. The highest BCUT2D eigenvalue weighted by atomic mass is 32.2. The molecule has 2 rings (SSSR count). The topological polar surface area (TPSA) is 40.6 Å². The summed E-state index contributed by atoms with van der Waals surface area (Å²) in [4.78, 5) is 29.4. The van der Waals surface area contributed by atoms with E-state index in [0.717, 1.165) is 5.75 Å². The molecule has 0 aromatic heterocycles. The summed E-state index contributed by atoms with van der Waals surface area (Å²) in [5.41, 5.74) is 0.433. The lowest BCUT2D eigenvalue weighted by Gasteiger charge is -2.39. The summed E-state index contributed by atoms with van der Waals surface area (Å²) in [6.07, 6.45) is 2.48. The fourth-order valence-corrected chi connectivity index (χ4v) is 3.76. The van der Waals surface area contributed by atoms with Gasteiger partial charge in [0.25, 0.3) is 5.91 Å². The molecule has 126 valence electrons. The molecule has 1 saturated heterocycles. The Kier molecular flexibility index (Phi) is 5.40. The van der Waals surface area contributed by atoms with Crippen LogP contribution in [0.25, 0.3) is 0 Å². The monoisotopic (exact) mass is 334 g/mol. The van der Waals surface area contributed by atoms with Crippen LogP contribution in [0.4, 0.5) is 0 Å². The van der Waals surface area contributed by atoms with Crippen LogP contribution in [0, 0.1) is 5.41 Å². The highest BCUT2D eigenvalue weighted by molar-refractivity contribution is 7.98. The lowest BCUT2D eigenvalue weighted by molar-refractivity contribution is -0.129. The van der Waals surface area contributed by atoms with Crippen molar-refractivity contribution in [2.75, 3.05) is 19.1 Å². The van der Waals surface area contributed by atoms with Gasteiger partial charge in [-0.2, -0.15) is 11.8 Å². The smallest absolute Gasteiger partial charge is 0.256 e. The van der Waals surface area contributed by atoms with E-state index in [9.17, 15) is 9.59 Å². The van der Waals surface area contributed by atoms with Crippen LogP contribution < -0.4 is 0 Å². The van der Waals surface area contributed by atoms with E-state index < -0.39 is 0 Å². The minimum atomic E-state index is -0.371. The van der Waals surface area contributed by atoms with Crippen molar-refractivity contribution >= 4 is 23.6 Å². The Bertz CT molecular complexity index is 568. The van der Waals surface area contributed by atoms with Crippen molar-refractivity contribution < 1.29 is 9.59 Å². The quantitative estimate of drug-likeness (QED) is 0.849. The number of hydrogen-bond donors (Lipinski definition) is 0. The van der Waals surface area contributed by atoms with Crippen LogP contribution in [0.15, 0.2) is 30.3 Å². The SMILES string of the molecule is CSCC[C@@H]1C(=O)N(C)[C@H](C(C)(C)C)N1C(=O)c1ccccc1. The minimum absolute atomic E-state index is 0.0447. The van der Waals surface area contributed by atoms with Gasteiger partial charge in [0, 0.05) is 18.0 Å². The van der Waals surface area contributed by atoms with E-state index in [1.807, 2.05) is 43.6 Å². The molecule has 4 nitrogen and oxygen atoms in total. The van der Waals surface area contributed by atoms with Gasteiger partial charge in [0.05, 0.1) is 0 Å². The zero-order chi connectivity index (χ0) is 17.2. The normalized spacial score (nSPS) is 21.9. The maximum absolute atomic E-state index is 13.1. The highest BCUT2D eigenvalue weighted by Gasteiger charge is 2.50. The van der Waals surface area contributed by atoms with Crippen LogP contribution in [-0.2, 0) is 4.79 Å². The molecule has 0 N–H and O–H groups in total. The van der Waals surface area contributed by atoms with Gasteiger partial charge in [0.2, 0.25) is 5.91 Å². The second-order valence-electron chi connectivity index (χ2n) is 7.06. The first-order chi connectivity index (χ1) is 10.8. The van der Waals surface area contributed by atoms with E-state index in [1.165, 1.54) is 0 Å². The molecule has 23 heavy (non-hydrogen) atoms. The maximum atomic E-state index is 13.1. The van der Waals surface area contributed by atoms with E-state index in [-0.39, 0.29) is 29.4 Å². The van der Waals surface area contributed by atoms with Gasteiger partial charge in [-0.15, -0.1) is 0 Å². The van der Waals surface area contributed by atoms with Gasteiger partial charge in [-0.3, -0.25) is 9.59 Å². The molecule has 0 radical (unpaired) electrons. The Hall–Kier alpha value is -1.49. The molecule has 1 aliphatic rings. The molecule has 2 amide bonds.